The van der Waals surface area contributed by atoms with Crippen LogP contribution in [0.15, 0.2) is 12.1 Å². The minimum absolute atomic E-state index is 0.241. The number of rotatable bonds is 2. The molecule has 20 heavy (non-hydrogen) atoms. The Morgan fingerprint density at radius 2 is 1.80 bits per heavy atom. The Hall–Kier alpha value is -2.02. The van der Waals surface area contributed by atoms with Crippen LogP contribution in [-0.2, 0) is 5.41 Å². The van der Waals surface area contributed by atoms with Crippen molar-refractivity contribution in [1.29, 1.82) is 10.7 Å². The third-order valence-electron chi connectivity index (χ3n) is 4.77. The zero-order valence-electron chi connectivity index (χ0n) is 11.8. The molecule has 1 spiro atoms. The Bertz CT molecular complexity index is 610. The van der Waals surface area contributed by atoms with Crippen molar-refractivity contribution < 1.29 is 9.47 Å². The Morgan fingerprint density at radius 3 is 2.35 bits per heavy atom. The molecule has 2 aliphatic rings. The van der Waals surface area contributed by atoms with Crippen molar-refractivity contribution >= 4 is 5.71 Å². The van der Waals surface area contributed by atoms with Crippen LogP contribution < -0.4 is 9.47 Å². The lowest BCUT2D eigenvalue weighted by Gasteiger charge is -2.25. The SMILES string of the molecule is COc1cc2c(cc1OC)C1(CCCC1)C(=N)C2C#N. The molecule has 0 saturated heterocycles. The molecule has 0 amide bonds. The molecule has 0 bridgehead atoms. The Morgan fingerprint density at radius 1 is 1.20 bits per heavy atom. The van der Waals surface area contributed by atoms with Crippen LogP contribution in [0.3, 0.4) is 0 Å². The molecule has 4 heteroatoms. The minimum Gasteiger partial charge on any atom is -0.493 e. The Labute approximate surface area is 118 Å². The lowest BCUT2D eigenvalue weighted by atomic mass is 9.78. The fourth-order valence-corrected chi connectivity index (χ4v) is 3.78. The zero-order chi connectivity index (χ0) is 14.3. The van der Waals surface area contributed by atoms with E-state index < -0.39 is 5.92 Å². The van der Waals surface area contributed by atoms with Gasteiger partial charge in [-0.1, -0.05) is 12.8 Å². The predicted molar refractivity (Wildman–Crippen MR) is 75.8 cm³/mol. The first-order valence-corrected chi connectivity index (χ1v) is 6.93. The van der Waals surface area contributed by atoms with Gasteiger partial charge in [-0.25, -0.2) is 0 Å². The van der Waals surface area contributed by atoms with Crippen molar-refractivity contribution in [3.63, 3.8) is 0 Å². The van der Waals surface area contributed by atoms with Gasteiger partial charge in [-0.05, 0) is 36.1 Å². The zero-order valence-corrected chi connectivity index (χ0v) is 11.8. The number of hydrogen-bond acceptors (Lipinski definition) is 4. The lowest BCUT2D eigenvalue weighted by Crippen LogP contribution is -2.29. The van der Waals surface area contributed by atoms with E-state index in [-0.39, 0.29) is 5.41 Å². The van der Waals surface area contributed by atoms with Crippen LogP contribution in [-0.4, -0.2) is 19.9 Å². The number of ether oxygens (including phenoxy) is 2. The second-order valence-electron chi connectivity index (χ2n) is 5.56. The minimum atomic E-state index is -0.442. The van der Waals surface area contributed by atoms with Crippen LogP contribution in [0.5, 0.6) is 11.5 Å². The quantitative estimate of drug-likeness (QED) is 0.897. The van der Waals surface area contributed by atoms with Gasteiger partial charge in [-0.15, -0.1) is 0 Å². The third kappa shape index (κ3) is 1.49. The Kier molecular flexibility index (Phi) is 2.93. The third-order valence-corrected chi connectivity index (χ3v) is 4.77. The first-order valence-electron chi connectivity index (χ1n) is 6.93. The van der Waals surface area contributed by atoms with E-state index in [1.165, 1.54) is 0 Å². The first kappa shape index (κ1) is 13.0. The number of methoxy groups -OCH3 is 2. The maximum Gasteiger partial charge on any atom is 0.161 e. The highest BCUT2D eigenvalue weighted by atomic mass is 16.5. The molecule has 104 valence electrons. The molecule has 3 rings (SSSR count). The monoisotopic (exact) mass is 270 g/mol. The van der Waals surface area contributed by atoms with Crippen molar-refractivity contribution in [3.8, 4) is 17.6 Å². The number of hydrogen-bond donors (Lipinski definition) is 1. The van der Waals surface area contributed by atoms with Gasteiger partial charge in [0.05, 0.1) is 20.3 Å². The highest BCUT2D eigenvalue weighted by Crippen LogP contribution is 2.54. The topological polar surface area (TPSA) is 66.1 Å². The summed E-state index contributed by atoms with van der Waals surface area (Å²) in [4.78, 5) is 0. The van der Waals surface area contributed by atoms with Crippen LogP contribution in [0.2, 0.25) is 0 Å². The van der Waals surface area contributed by atoms with E-state index in [2.05, 4.69) is 6.07 Å². The fraction of sp³-hybridized carbons (Fsp3) is 0.500. The van der Waals surface area contributed by atoms with Gasteiger partial charge in [0.25, 0.3) is 0 Å². The van der Waals surface area contributed by atoms with Crippen molar-refractivity contribution in [2.24, 2.45) is 0 Å². The number of benzene rings is 1. The molecule has 0 radical (unpaired) electrons. The van der Waals surface area contributed by atoms with E-state index in [0.29, 0.717) is 17.2 Å². The van der Waals surface area contributed by atoms with Crippen LogP contribution in [0.1, 0.15) is 42.7 Å². The van der Waals surface area contributed by atoms with E-state index in [4.69, 9.17) is 14.9 Å². The molecular weight excluding hydrogens is 252 g/mol. The van der Waals surface area contributed by atoms with E-state index in [1.807, 2.05) is 12.1 Å². The van der Waals surface area contributed by atoms with Crippen molar-refractivity contribution in [3.05, 3.63) is 23.3 Å². The van der Waals surface area contributed by atoms with E-state index in [0.717, 1.165) is 36.8 Å². The van der Waals surface area contributed by atoms with Crippen molar-refractivity contribution in [2.45, 2.75) is 37.0 Å². The maximum absolute atomic E-state index is 9.45. The Balaban J connectivity index is 2.24. The van der Waals surface area contributed by atoms with E-state index in [9.17, 15) is 5.26 Å². The van der Waals surface area contributed by atoms with Gasteiger partial charge in [-0.3, -0.25) is 0 Å². The van der Waals surface area contributed by atoms with Gasteiger partial charge in [-0.2, -0.15) is 5.26 Å². The molecule has 0 heterocycles. The average Bonchev–Trinajstić information content (AvgIpc) is 3.04. The van der Waals surface area contributed by atoms with Gasteiger partial charge < -0.3 is 14.9 Å². The number of nitriles is 1. The lowest BCUT2D eigenvalue weighted by molar-refractivity contribution is 0.353. The normalized spacial score (nSPS) is 22.6. The second kappa shape index (κ2) is 4.52. The van der Waals surface area contributed by atoms with Gasteiger partial charge in [0.2, 0.25) is 0 Å². The van der Waals surface area contributed by atoms with Gasteiger partial charge in [0, 0.05) is 11.1 Å². The molecule has 4 nitrogen and oxygen atoms in total. The van der Waals surface area contributed by atoms with Crippen molar-refractivity contribution in [1.82, 2.24) is 0 Å². The van der Waals surface area contributed by atoms with Gasteiger partial charge in [0.15, 0.2) is 11.5 Å². The summed E-state index contributed by atoms with van der Waals surface area (Å²) in [5.41, 5.74) is 2.35. The maximum atomic E-state index is 9.45. The second-order valence-corrected chi connectivity index (χ2v) is 5.56. The number of nitrogens with zero attached hydrogens (tertiary/aromatic N) is 1. The van der Waals surface area contributed by atoms with Crippen LogP contribution in [0.4, 0.5) is 0 Å². The van der Waals surface area contributed by atoms with E-state index >= 15 is 0 Å². The molecule has 1 aromatic rings. The van der Waals surface area contributed by atoms with Gasteiger partial charge in [0.1, 0.15) is 5.92 Å². The average molecular weight is 270 g/mol. The molecule has 1 fully saturated rings. The summed E-state index contributed by atoms with van der Waals surface area (Å²) in [7, 11) is 3.21. The summed E-state index contributed by atoms with van der Waals surface area (Å²) in [5, 5.41) is 17.9. The standard InChI is InChI=1S/C16H18N2O2/c1-19-13-7-10-11(9-17)15(18)16(5-3-4-6-16)12(10)8-14(13)20-2/h7-8,11,18H,3-6H2,1-2H3. The summed E-state index contributed by atoms with van der Waals surface area (Å²) in [5.74, 6) is 0.876. The highest BCUT2D eigenvalue weighted by Gasteiger charge is 2.50. The van der Waals surface area contributed by atoms with Gasteiger partial charge >= 0.3 is 0 Å². The fourth-order valence-electron chi connectivity index (χ4n) is 3.78. The van der Waals surface area contributed by atoms with Crippen LogP contribution in [0.25, 0.3) is 0 Å². The summed E-state index contributed by atoms with van der Waals surface area (Å²) in [6.07, 6.45) is 4.17. The molecule has 1 atom stereocenters. The molecule has 2 aliphatic carbocycles. The molecule has 0 aromatic heterocycles. The summed E-state index contributed by atoms with van der Waals surface area (Å²) < 4.78 is 10.7. The van der Waals surface area contributed by atoms with Crippen molar-refractivity contribution in [2.75, 3.05) is 14.2 Å². The molecular formula is C16H18N2O2. The molecule has 1 unspecified atom stereocenters. The molecule has 1 aromatic carbocycles. The first-order chi connectivity index (χ1) is 9.67. The largest absolute Gasteiger partial charge is 0.493 e. The number of nitrogens with one attached hydrogen (secondary N) is 1. The summed E-state index contributed by atoms with van der Waals surface area (Å²) >= 11 is 0. The smallest absolute Gasteiger partial charge is 0.161 e. The molecule has 1 saturated carbocycles. The van der Waals surface area contributed by atoms with Crippen LogP contribution >= 0.6 is 0 Å². The number of fused-ring (bicyclic) bond motifs is 2. The molecule has 1 N–H and O–H groups in total. The van der Waals surface area contributed by atoms with Crippen LogP contribution in [0, 0.1) is 16.7 Å². The highest BCUT2D eigenvalue weighted by molar-refractivity contribution is 6.04. The predicted octanol–water partition coefficient (Wildman–Crippen LogP) is 3.16. The summed E-state index contributed by atoms with van der Waals surface area (Å²) in [6.45, 7) is 0. The summed E-state index contributed by atoms with van der Waals surface area (Å²) in [6, 6.07) is 6.15. The molecule has 0 aliphatic heterocycles. The van der Waals surface area contributed by atoms with E-state index in [1.54, 1.807) is 14.2 Å².